The topological polar surface area (TPSA) is 38.7 Å². The van der Waals surface area contributed by atoms with E-state index in [2.05, 4.69) is 0 Å². The van der Waals surface area contributed by atoms with E-state index >= 15 is 0 Å². The van der Waals surface area contributed by atoms with Crippen molar-refractivity contribution in [2.45, 2.75) is 6.10 Å². The predicted octanol–water partition coefficient (Wildman–Crippen LogP) is 1.69. The fourth-order valence-electron chi connectivity index (χ4n) is 1.21. The van der Waals surface area contributed by atoms with E-state index in [1.54, 1.807) is 18.2 Å². The third kappa shape index (κ3) is 1.57. The van der Waals surface area contributed by atoms with Gasteiger partial charge in [0.2, 0.25) is 6.79 Å². The lowest BCUT2D eigenvalue weighted by molar-refractivity contribution is 0.173. The molecule has 0 aromatic heterocycles. The Bertz CT molecular complexity index is 314. The van der Waals surface area contributed by atoms with Gasteiger partial charge in [-0.3, -0.25) is 0 Å². The SMILES string of the molecule is OC(CCl)c1ccc2c(c1)OCO2. The average molecular weight is 201 g/mol. The first-order chi connectivity index (χ1) is 6.31. The minimum atomic E-state index is -0.642. The first kappa shape index (κ1) is 8.66. The second-order valence-electron chi connectivity index (χ2n) is 2.78. The molecule has 70 valence electrons. The van der Waals surface area contributed by atoms with Gasteiger partial charge < -0.3 is 14.6 Å². The highest BCUT2D eigenvalue weighted by Crippen LogP contribution is 2.34. The lowest BCUT2D eigenvalue weighted by atomic mass is 10.1. The molecule has 0 spiro atoms. The van der Waals surface area contributed by atoms with Crippen molar-refractivity contribution in [3.05, 3.63) is 23.8 Å². The zero-order valence-electron chi connectivity index (χ0n) is 6.87. The largest absolute Gasteiger partial charge is 0.454 e. The third-order valence-electron chi connectivity index (χ3n) is 1.93. The van der Waals surface area contributed by atoms with Crippen LogP contribution in [0, 0.1) is 0 Å². The summed E-state index contributed by atoms with van der Waals surface area (Å²) in [4.78, 5) is 0. The fourth-order valence-corrected chi connectivity index (χ4v) is 1.39. The van der Waals surface area contributed by atoms with Gasteiger partial charge in [0, 0.05) is 0 Å². The number of ether oxygens (including phenoxy) is 2. The van der Waals surface area contributed by atoms with Crippen molar-refractivity contribution in [1.82, 2.24) is 0 Å². The third-order valence-corrected chi connectivity index (χ3v) is 2.22. The summed E-state index contributed by atoms with van der Waals surface area (Å²) in [5, 5.41) is 9.43. The zero-order chi connectivity index (χ0) is 9.26. The molecule has 4 heteroatoms. The molecule has 0 radical (unpaired) electrons. The smallest absolute Gasteiger partial charge is 0.231 e. The van der Waals surface area contributed by atoms with Gasteiger partial charge in [0.25, 0.3) is 0 Å². The van der Waals surface area contributed by atoms with Gasteiger partial charge >= 0.3 is 0 Å². The maximum atomic E-state index is 9.43. The molecule has 1 atom stereocenters. The van der Waals surface area contributed by atoms with Crippen LogP contribution < -0.4 is 9.47 Å². The first-order valence-corrected chi connectivity index (χ1v) is 4.48. The first-order valence-electron chi connectivity index (χ1n) is 3.95. The lowest BCUT2D eigenvalue weighted by Crippen LogP contribution is -1.97. The second-order valence-corrected chi connectivity index (χ2v) is 3.09. The highest BCUT2D eigenvalue weighted by molar-refractivity contribution is 6.18. The van der Waals surface area contributed by atoms with Crippen LogP contribution in [0.25, 0.3) is 0 Å². The molecule has 0 amide bonds. The molecule has 1 aliphatic rings. The van der Waals surface area contributed by atoms with E-state index in [9.17, 15) is 5.11 Å². The van der Waals surface area contributed by atoms with Gasteiger partial charge in [-0.25, -0.2) is 0 Å². The molecule has 0 saturated heterocycles. The van der Waals surface area contributed by atoms with Crippen LogP contribution >= 0.6 is 11.6 Å². The van der Waals surface area contributed by atoms with Crippen molar-refractivity contribution < 1.29 is 14.6 Å². The summed E-state index contributed by atoms with van der Waals surface area (Å²) in [5.74, 6) is 1.56. The number of fused-ring (bicyclic) bond motifs is 1. The normalized spacial score (nSPS) is 15.8. The van der Waals surface area contributed by atoms with Gasteiger partial charge in [0.05, 0.1) is 12.0 Å². The maximum Gasteiger partial charge on any atom is 0.231 e. The number of halogens is 1. The molecule has 0 bridgehead atoms. The summed E-state index contributed by atoms with van der Waals surface area (Å²) in [6.45, 7) is 0.246. The van der Waals surface area contributed by atoms with Crippen LogP contribution in [0.3, 0.4) is 0 Å². The van der Waals surface area contributed by atoms with Crippen molar-refractivity contribution in [2.24, 2.45) is 0 Å². The van der Waals surface area contributed by atoms with Gasteiger partial charge in [-0.05, 0) is 17.7 Å². The molecule has 1 N–H and O–H groups in total. The lowest BCUT2D eigenvalue weighted by Gasteiger charge is -2.07. The molecule has 2 rings (SSSR count). The van der Waals surface area contributed by atoms with Gasteiger partial charge in [-0.2, -0.15) is 0 Å². The minimum absolute atomic E-state index is 0.180. The van der Waals surface area contributed by atoms with Gasteiger partial charge in [-0.15, -0.1) is 11.6 Å². The summed E-state index contributed by atoms with van der Waals surface area (Å²) < 4.78 is 10.3. The molecule has 0 saturated carbocycles. The highest BCUT2D eigenvalue weighted by Gasteiger charge is 2.15. The van der Waals surface area contributed by atoms with E-state index in [1.165, 1.54) is 0 Å². The van der Waals surface area contributed by atoms with Crippen LogP contribution in [0.2, 0.25) is 0 Å². The summed E-state index contributed by atoms with van der Waals surface area (Å²) in [5.41, 5.74) is 0.749. The van der Waals surface area contributed by atoms with Crippen LogP contribution in [0.5, 0.6) is 11.5 Å². The van der Waals surface area contributed by atoms with Gasteiger partial charge in [-0.1, -0.05) is 6.07 Å². The van der Waals surface area contributed by atoms with Crippen molar-refractivity contribution in [3.63, 3.8) is 0 Å². The molecule has 13 heavy (non-hydrogen) atoms. The van der Waals surface area contributed by atoms with E-state index in [0.29, 0.717) is 11.5 Å². The molecule has 0 fully saturated rings. The quantitative estimate of drug-likeness (QED) is 0.739. The molecular weight excluding hydrogens is 192 g/mol. The van der Waals surface area contributed by atoms with Crippen LogP contribution in [0.1, 0.15) is 11.7 Å². The fraction of sp³-hybridized carbons (Fsp3) is 0.333. The van der Waals surface area contributed by atoms with Gasteiger partial charge in [0.15, 0.2) is 11.5 Å². The number of alkyl halides is 1. The Labute approximate surface area is 80.8 Å². The molecule has 1 aromatic carbocycles. The summed E-state index contributed by atoms with van der Waals surface area (Å²) in [7, 11) is 0. The zero-order valence-corrected chi connectivity index (χ0v) is 7.62. The highest BCUT2D eigenvalue weighted by atomic mass is 35.5. The Morgan fingerprint density at radius 2 is 2.15 bits per heavy atom. The molecule has 1 aromatic rings. The second kappa shape index (κ2) is 3.44. The van der Waals surface area contributed by atoms with E-state index in [0.717, 1.165) is 5.56 Å². The number of aliphatic hydroxyl groups excluding tert-OH is 1. The monoisotopic (exact) mass is 200 g/mol. The number of benzene rings is 1. The molecule has 1 heterocycles. The Morgan fingerprint density at radius 3 is 2.92 bits per heavy atom. The predicted molar refractivity (Wildman–Crippen MR) is 48.2 cm³/mol. The van der Waals surface area contributed by atoms with E-state index in [4.69, 9.17) is 21.1 Å². The van der Waals surface area contributed by atoms with Crippen molar-refractivity contribution in [3.8, 4) is 11.5 Å². The van der Waals surface area contributed by atoms with E-state index in [1.807, 2.05) is 0 Å². The number of hydrogen-bond acceptors (Lipinski definition) is 3. The van der Waals surface area contributed by atoms with Crippen LogP contribution in [0.15, 0.2) is 18.2 Å². The van der Waals surface area contributed by atoms with Crippen LogP contribution in [-0.4, -0.2) is 17.8 Å². The Balaban J connectivity index is 2.30. The van der Waals surface area contributed by atoms with Crippen molar-refractivity contribution in [2.75, 3.05) is 12.7 Å². The molecule has 1 aliphatic heterocycles. The molecular formula is C9H9ClO3. The van der Waals surface area contributed by atoms with E-state index < -0.39 is 6.10 Å². The molecule has 1 unspecified atom stereocenters. The average Bonchev–Trinajstić information content (AvgIpc) is 2.63. The summed E-state index contributed by atoms with van der Waals surface area (Å²) >= 11 is 5.52. The minimum Gasteiger partial charge on any atom is -0.454 e. The molecule has 0 aliphatic carbocycles. The van der Waals surface area contributed by atoms with E-state index in [-0.39, 0.29) is 12.7 Å². The Kier molecular flexibility index (Phi) is 2.29. The molecule has 3 nitrogen and oxygen atoms in total. The summed E-state index contributed by atoms with van der Waals surface area (Å²) in [6, 6.07) is 5.30. The standard InChI is InChI=1S/C9H9ClO3/c10-4-7(11)6-1-2-8-9(3-6)13-5-12-8/h1-3,7,11H,4-5H2. The summed E-state index contributed by atoms with van der Waals surface area (Å²) in [6.07, 6.45) is -0.642. The Morgan fingerprint density at radius 1 is 1.38 bits per heavy atom. The Hall–Kier alpha value is -0.930. The van der Waals surface area contributed by atoms with Crippen LogP contribution in [0.4, 0.5) is 0 Å². The van der Waals surface area contributed by atoms with Gasteiger partial charge in [0.1, 0.15) is 0 Å². The van der Waals surface area contributed by atoms with Crippen molar-refractivity contribution in [1.29, 1.82) is 0 Å². The number of hydrogen-bond donors (Lipinski definition) is 1. The maximum absolute atomic E-state index is 9.43. The van der Waals surface area contributed by atoms with Crippen molar-refractivity contribution >= 4 is 11.6 Å². The number of aliphatic hydroxyl groups is 1. The number of rotatable bonds is 2. The van der Waals surface area contributed by atoms with Crippen LogP contribution in [-0.2, 0) is 0 Å².